The van der Waals surface area contributed by atoms with Gasteiger partial charge >= 0.3 is 0 Å². The second-order valence-electron chi connectivity index (χ2n) is 9.34. The number of hydrogen-bond acceptors (Lipinski definition) is 2. The highest BCUT2D eigenvalue weighted by Gasteiger charge is 2.15. The predicted octanol–water partition coefficient (Wildman–Crippen LogP) is 6.57. The van der Waals surface area contributed by atoms with Gasteiger partial charge in [0.15, 0.2) is 0 Å². The van der Waals surface area contributed by atoms with Crippen LogP contribution in [0.15, 0.2) is 48.5 Å². The van der Waals surface area contributed by atoms with Gasteiger partial charge in [0, 0.05) is 5.56 Å². The van der Waals surface area contributed by atoms with E-state index >= 15 is 0 Å². The van der Waals surface area contributed by atoms with E-state index in [1.807, 2.05) is 0 Å². The Balaban J connectivity index is 1.67. The van der Waals surface area contributed by atoms with E-state index < -0.39 is 0 Å². The predicted molar refractivity (Wildman–Crippen MR) is 132 cm³/mol. The van der Waals surface area contributed by atoms with Crippen LogP contribution in [0.5, 0.6) is 5.75 Å². The van der Waals surface area contributed by atoms with Gasteiger partial charge in [-0.2, -0.15) is 0 Å². The summed E-state index contributed by atoms with van der Waals surface area (Å²) in [7, 11) is 4.52. The molecule has 2 aromatic carbocycles. The van der Waals surface area contributed by atoms with E-state index in [0.717, 1.165) is 36.3 Å². The van der Waals surface area contributed by atoms with Crippen LogP contribution in [-0.2, 0) is 17.7 Å². The average molecular weight is 427 g/mol. The molecule has 0 aliphatic rings. The minimum absolute atomic E-state index is 0.612. The molecule has 0 aliphatic carbocycles. The van der Waals surface area contributed by atoms with Gasteiger partial charge in [-0.15, -0.1) is 0 Å². The maximum Gasteiger partial charge on any atom is 0.125 e. The summed E-state index contributed by atoms with van der Waals surface area (Å²) < 4.78 is 13.0. The Hall–Kier alpha value is -1.84. The van der Waals surface area contributed by atoms with Gasteiger partial charge in [0.05, 0.1) is 27.3 Å². The zero-order chi connectivity index (χ0) is 22.4. The third kappa shape index (κ3) is 10.3. The van der Waals surface area contributed by atoms with E-state index in [2.05, 4.69) is 76.5 Å². The lowest BCUT2D eigenvalue weighted by molar-refractivity contribution is -0.904. The number of ether oxygens (including phenoxy) is 2. The first kappa shape index (κ1) is 25.4. The monoisotopic (exact) mass is 426 g/mol. The van der Waals surface area contributed by atoms with E-state index in [-0.39, 0.29) is 0 Å². The van der Waals surface area contributed by atoms with Crippen LogP contribution in [0, 0.1) is 6.92 Å². The first-order valence-corrected chi connectivity index (χ1v) is 12.2. The molecule has 0 unspecified atom stereocenters. The highest BCUT2D eigenvalue weighted by molar-refractivity contribution is 5.40. The Labute approximate surface area is 191 Å². The Morgan fingerprint density at radius 3 is 2.29 bits per heavy atom. The van der Waals surface area contributed by atoms with Crippen molar-refractivity contribution in [2.75, 3.05) is 40.5 Å². The van der Waals surface area contributed by atoms with Gasteiger partial charge in [0.2, 0.25) is 0 Å². The van der Waals surface area contributed by atoms with Crippen LogP contribution in [0.25, 0.3) is 0 Å². The number of aryl methyl sites for hydroxylation is 2. The second kappa shape index (κ2) is 14.3. The molecule has 0 fully saturated rings. The minimum atomic E-state index is 0.612. The van der Waals surface area contributed by atoms with Gasteiger partial charge < -0.3 is 14.0 Å². The molecule has 0 heterocycles. The van der Waals surface area contributed by atoms with Gasteiger partial charge in [0.25, 0.3) is 0 Å². The van der Waals surface area contributed by atoms with Gasteiger partial charge in [-0.1, -0.05) is 87.6 Å². The van der Waals surface area contributed by atoms with Gasteiger partial charge in [-0.25, -0.2) is 0 Å². The van der Waals surface area contributed by atoms with Gasteiger partial charge in [-0.05, 0) is 30.9 Å². The number of hydrogen-bond donors (Lipinski definition) is 0. The number of rotatable bonds is 16. The van der Waals surface area contributed by atoms with E-state index in [0.29, 0.717) is 13.2 Å². The van der Waals surface area contributed by atoms with Crippen molar-refractivity contribution in [3.63, 3.8) is 0 Å². The van der Waals surface area contributed by atoms with Crippen molar-refractivity contribution in [1.82, 2.24) is 0 Å². The van der Waals surface area contributed by atoms with Gasteiger partial charge in [-0.3, -0.25) is 0 Å². The Morgan fingerprint density at radius 1 is 0.774 bits per heavy atom. The quantitative estimate of drug-likeness (QED) is 0.223. The maximum atomic E-state index is 6.16. The first-order valence-electron chi connectivity index (χ1n) is 12.2. The lowest BCUT2D eigenvalue weighted by Gasteiger charge is -2.29. The summed E-state index contributed by atoms with van der Waals surface area (Å²) in [5.74, 6) is 1.07. The van der Waals surface area contributed by atoms with E-state index in [1.54, 1.807) is 0 Å². The van der Waals surface area contributed by atoms with Crippen LogP contribution in [0.3, 0.4) is 0 Å². The standard InChI is InChI=1S/C28H44NO2/c1-5-6-7-8-9-13-18-27-19-14-15-25(2)28(27)31-23-22-30-21-20-29(3,4)24-26-16-11-10-12-17-26/h10-12,14-17,19H,5-9,13,18,20-24H2,1-4H3/q+1. The Bertz CT molecular complexity index is 727. The molecule has 31 heavy (non-hydrogen) atoms. The lowest BCUT2D eigenvalue weighted by atomic mass is 10.0. The summed E-state index contributed by atoms with van der Waals surface area (Å²) in [5.41, 5.74) is 3.94. The summed E-state index contributed by atoms with van der Waals surface area (Å²) in [5, 5.41) is 0. The Kier molecular flexibility index (Phi) is 11.7. The first-order chi connectivity index (χ1) is 15.0. The molecule has 2 rings (SSSR count). The van der Waals surface area contributed by atoms with Crippen molar-refractivity contribution in [3.05, 3.63) is 65.2 Å². The van der Waals surface area contributed by atoms with Crippen LogP contribution in [0.1, 0.15) is 62.1 Å². The molecule has 0 bridgehead atoms. The van der Waals surface area contributed by atoms with Crippen molar-refractivity contribution in [2.24, 2.45) is 0 Å². The fourth-order valence-electron chi connectivity index (χ4n) is 3.99. The van der Waals surface area contributed by atoms with Crippen molar-refractivity contribution >= 4 is 0 Å². The van der Waals surface area contributed by atoms with Crippen LogP contribution in [0.4, 0.5) is 0 Å². The molecule has 0 saturated carbocycles. The van der Waals surface area contributed by atoms with Crippen molar-refractivity contribution in [3.8, 4) is 5.75 Å². The highest BCUT2D eigenvalue weighted by Crippen LogP contribution is 2.25. The SMILES string of the molecule is CCCCCCCCc1cccc(C)c1OCCOCC[N+](C)(C)Cc1ccccc1. The molecule has 0 saturated heterocycles. The van der Waals surface area contributed by atoms with Crippen molar-refractivity contribution < 1.29 is 14.0 Å². The number of benzene rings is 2. The molecule has 0 aromatic heterocycles. The molecule has 3 heteroatoms. The molecule has 2 aromatic rings. The molecule has 0 spiro atoms. The number of nitrogens with zero attached hydrogens (tertiary/aromatic N) is 1. The fraction of sp³-hybridized carbons (Fsp3) is 0.571. The summed E-state index contributed by atoms with van der Waals surface area (Å²) in [4.78, 5) is 0. The van der Waals surface area contributed by atoms with Crippen molar-refractivity contribution in [2.45, 2.75) is 65.3 Å². The van der Waals surface area contributed by atoms with E-state index in [4.69, 9.17) is 9.47 Å². The molecule has 0 N–H and O–H groups in total. The van der Waals surface area contributed by atoms with Crippen LogP contribution < -0.4 is 4.74 Å². The number of quaternary nitrogens is 1. The summed E-state index contributed by atoms with van der Waals surface area (Å²) >= 11 is 0. The largest absolute Gasteiger partial charge is 0.491 e. The molecular formula is C28H44NO2+. The second-order valence-corrected chi connectivity index (χ2v) is 9.34. The minimum Gasteiger partial charge on any atom is -0.491 e. The molecule has 0 radical (unpaired) electrons. The summed E-state index contributed by atoms with van der Waals surface area (Å²) in [6.45, 7) is 8.42. The third-order valence-electron chi connectivity index (χ3n) is 5.86. The van der Waals surface area contributed by atoms with E-state index in [9.17, 15) is 0 Å². The third-order valence-corrected chi connectivity index (χ3v) is 5.86. The number of para-hydroxylation sites is 1. The maximum absolute atomic E-state index is 6.16. The van der Waals surface area contributed by atoms with Crippen molar-refractivity contribution in [1.29, 1.82) is 0 Å². The number of unbranched alkanes of at least 4 members (excludes halogenated alkanes) is 5. The fourth-order valence-corrected chi connectivity index (χ4v) is 3.99. The normalized spacial score (nSPS) is 11.6. The van der Waals surface area contributed by atoms with E-state index in [1.165, 1.54) is 55.2 Å². The zero-order valence-electron chi connectivity index (χ0n) is 20.4. The summed E-state index contributed by atoms with van der Waals surface area (Å²) in [6.07, 6.45) is 9.05. The lowest BCUT2D eigenvalue weighted by Crippen LogP contribution is -2.41. The molecule has 3 nitrogen and oxygen atoms in total. The van der Waals surface area contributed by atoms with Gasteiger partial charge in [0.1, 0.15) is 25.4 Å². The number of likely N-dealkylation sites (N-methyl/N-ethyl adjacent to an activating group) is 1. The summed E-state index contributed by atoms with van der Waals surface area (Å²) in [6, 6.07) is 17.2. The molecule has 0 aliphatic heterocycles. The average Bonchev–Trinajstić information content (AvgIpc) is 2.75. The molecule has 0 amide bonds. The highest BCUT2D eigenvalue weighted by atomic mass is 16.5. The molecule has 0 atom stereocenters. The molecular weight excluding hydrogens is 382 g/mol. The van der Waals surface area contributed by atoms with Crippen LogP contribution in [-0.4, -0.2) is 44.9 Å². The smallest absolute Gasteiger partial charge is 0.125 e. The Morgan fingerprint density at radius 2 is 1.52 bits per heavy atom. The zero-order valence-corrected chi connectivity index (χ0v) is 20.4. The topological polar surface area (TPSA) is 18.5 Å². The van der Waals surface area contributed by atoms with Crippen LogP contribution in [0.2, 0.25) is 0 Å². The van der Waals surface area contributed by atoms with Crippen LogP contribution >= 0.6 is 0 Å². The molecule has 172 valence electrons.